The molecule has 0 atom stereocenters. The van der Waals surface area contributed by atoms with E-state index in [1.165, 1.54) is 0 Å². The van der Waals surface area contributed by atoms with Gasteiger partial charge in [0.1, 0.15) is 0 Å². The first kappa shape index (κ1) is 11.2. The molecular formula is C10H20N4. The van der Waals surface area contributed by atoms with Crippen LogP contribution in [0.1, 0.15) is 26.5 Å². The van der Waals surface area contributed by atoms with Gasteiger partial charge < -0.3 is 15.6 Å². The maximum atomic E-state index is 3.95. The summed E-state index contributed by atoms with van der Waals surface area (Å²) in [4.78, 5) is 7.00. The number of aromatic nitrogens is 2. The molecule has 0 fully saturated rings. The van der Waals surface area contributed by atoms with Crippen LogP contribution in [0.15, 0.2) is 12.5 Å². The normalized spacial score (nSPS) is 11.9. The summed E-state index contributed by atoms with van der Waals surface area (Å²) in [5.74, 6) is 0. The molecule has 0 amide bonds. The molecule has 0 unspecified atom stereocenters. The molecule has 0 spiro atoms. The van der Waals surface area contributed by atoms with Crippen LogP contribution in [0.3, 0.4) is 0 Å². The van der Waals surface area contributed by atoms with Crippen LogP contribution in [0.2, 0.25) is 0 Å². The minimum Gasteiger partial charge on any atom is -0.347 e. The Hall–Kier alpha value is -0.870. The fraction of sp³-hybridized carbons (Fsp3) is 0.700. The lowest BCUT2D eigenvalue weighted by atomic mass is 10.1. The summed E-state index contributed by atoms with van der Waals surface area (Å²) in [6, 6.07) is 0. The van der Waals surface area contributed by atoms with Crippen LogP contribution < -0.4 is 10.6 Å². The monoisotopic (exact) mass is 196 g/mol. The van der Waals surface area contributed by atoms with Crippen LogP contribution >= 0.6 is 0 Å². The highest BCUT2D eigenvalue weighted by Gasteiger charge is 2.06. The molecular weight excluding hydrogens is 176 g/mol. The second kappa shape index (κ2) is 5.12. The van der Waals surface area contributed by atoms with E-state index in [1.54, 1.807) is 6.33 Å². The zero-order valence-electron chi connectivity index (χ0n) is 9.22. The van der Waals surface area contributed by atoms with Gasteiger partial charge in [-0.3, -0.25) is 0 Å². The Morgan fingerprint density at radius 2 is 2.14 bits per heavy atom. The molecule has 1 heterocycles. The number of H-pyrrole nitrogens is 1. The molecule has 0 aliphatic rings. The van der Waals surface area contributed by atoms with Crippen molar-refractivity contribution in [2.75, 3.05) is 13.1 Å². The second-order valence-electron chi connectivity index (χ2n) is 4.43. The van der Waals surface area contributed by atoms with Crippen LogP contribution in [0.4, 0.5) is 0 Å². The second-order valence-corrected chi connectivity index (χ2v) is 4.43. The molecule has 1 rings (SSSR count). The van der Waals surface area contributed by atoms with Gasteiger partial charge in [0.15, 0.2) is 0 Å². The molecule has 4 heteroatoms. The lowest BCUT2D eigenvalue weighted by Crippen LogP contribution is -2.40. The highest BCUT2D eigenvalue weighted by molar-refractivity contribution is 4.92. The van der Waals surface area contributed by atoms with E-state index in [9.17, 15) is 0 Å². The average molecular weight is 196 g/mol. The number of nitrogens with zero attached hydrogens (tertiary/aromatic N) is 1. The Kier molecular flexibility index (Phi) is 4.10. The van der Waals surface area contributed by atoms with Gasteiger partial charge in [0, 0.05) is 37.1 Å². The summed E-state index contributed by atoms with van der Waals surface area (Å²) in [5, 5.41) is 6.74. The number of nitrogens with one attached hydrogen (secondary N) is 3. The topological polar surface area (TPSA) is 52.7 Å². The van der Waals surface area contributed by atoms with E-state index in [4.69, 9.17) is 0 Å². The zero-order valence-corrected chi connectivity index (χ0v) is 9.22. The van der Waals surface area contributed by atoms with Gasteiger partial charge in [-0.1, -0.05) is 0 Å². The van der Waals surface area contributed by atoms with Crippen LogP contribution in [-0.2, 0) is 6.54 Å². The van der Waals surface area contributed by atoms with Crippen molar-refractivity contribution in [1.29, 1.82) is 0 Å². The van der Waals surface area contributed by atoms with Gasteiger partial charge in [0.25, 0.3) is 0 Å². The lowest BCUT2D eigenvalue weighted by molar-refractivity contribution is 0.421. The summed E-state index contributed by atoms with van der Waals surface area (Å²) < 4.78 is 0. The molecule has 0 saturated carbocycles. The molecule has 0 aliphatic heterocycles. The lowest BCUT2D eigenvalue weighted by Gasteiger charge is -2.20. The van der Waals surface area contributed by atoms with Gasteiger partial charge in [-0.2, -0.15) is 0 Å². The predicted molar refractivity (Wildman–Crippen MR) is 58.1 cm³/mol. The number of hydrogen-bond acceptors (Lipinski definition) is 3. The van der Waals surface area contributed by atoms with Crippen molar-refractivity contribution in [2.45, 2.75) is 32.9 Å². The Bertz CT molecular complexity index is 235. The molecule has 0 aromatic carbocycles. The number of rotatable bonds is 5. The molecule has 0 bridgehead atoms. The fourth-order valence-corrected chi connectivity index (χ4v) is 1.13. The summed E-state index contributed by atoms with van der Waals surface area (Å²) in [6.45, 7) is 9.31. The van der Waals surface area contributed by atoms with Crippen molar-refractivity contribution in [1.82, 2.24) is 20.6 Å². The molecule has 3 N–H and O–H groups in total. The molecule has 14 heavy (non-hydrogen) atoms. The fourth-order valence-electron chi connectivity index (χ4n) is 1.13. The van der Waals surface area contributed by atoms with Gasteiger partial charge in [0.2, 0.25) is 0 Å². The van der Waals surface area contributed by atoms with Crippen molar-refractivity contribution >= 4 is 0 Å². The predicted octanol–water partition coefficient (Wildman–Crippen LogP) is 0.887. The van der Waals surface area contributed by atoms with E-state index in [0.717, 1.165) is 25.3 Å². The molecule has 80 valence electrons. The third-order valence-electron chi connectivity index (χ3n) is 1.83. The Morgan fingerprint density at radius 1 is 1.36 bits per heavy atom. The van der Waals surface area contributed by atoms with Gasteiger partial charge in [-0.25, -0.2) is 4.98 Å². The molecule has 1 aromatic heterocycles. The highest BCUT2D eigenvalue weighted by atomic mass is 15.0. The van der Waals surface area contributed by atoms with Gasteiger partial charge in [-0.05, 0) is 20.8 Å². The van der Waals surface area contributed by atoms with Crippen LogP contribution in [0.25, 0.3) is 0 Å². The third kappa shape index (κ3) is 4.99. The third-order valence-corrected chi connectivity index (χ3v) is 1.83. The van der Waals surface area contributed by atoms with Crippen molar-refractivity contribution in [3.8, 4) is 0 Å². The first-order valence-electron chi connectivity index (χ1n) is 5.01. The van der Waals surface area contributed by atoms with Crippen LogP contribution in [-0.4, -0.2) is 28.6 Å². The number of aromatic amines is 1. The van der Waals surface area contributed by atoms with Gasteiger partial charge >= 0.3 is 0 Å². The number of hydrogen-bond donors (Lipinski definition) is 3. The van der Waals surface area contributed by atoms with Crippen molar-refractivity contribution < 1.29 is 0 Å². The number of imidazole rings is 1. The first-order valence-corrected chi connectivity index (χ1v) is 5.01. The Labute approximate surface area is 85.5 Å². The maximum Gasteiger partial charge on any atom is 0.0922 e. The van der Waals surface area contributed by atoms with E-state index >= 15 is 0 Å². The summed E-state index contributed by atoms with van der Waals surface area (Å²) in [5.41, 5.74) is 1.33. The van der Waals surface area contributed by atoms with E-state index in [-0.39, 0.29) is 5.54 Å². The molecule has 0 radical (unpaired) electrons. The minimum atomic E-state index is 0.204. The summed E-state index contributed by atoms with van der Waals surface area (Å²) in [7, 11) is 0. The average Bonchev–Trinajstić information content (AvgIpc) is 2.54. The smallest absolute Gasteiger partial charge is 0.0922 e. The van der Waals surface area contributed by atoms with Crippen molar-refractivity contribution in [3.05, 3.63) is 18.2 Å². The minimum absolute atomic E-state index is 0.204. The van der Waals surface area contributed by atoms with E-state index < -0.39 is 0 Å². The molecule has 0 saturated heterocycles. The summed E-state index contributed by atoms with van der Waals surface area (Å²) >= 11 is 0. The molecule has 1 aromatic rings. The Morgan fingerprint density at radius 3 is 2.71 bits per heavy atom. The van der Waals surface area contributed by atoms with Crippen LogP contribution in [0, 0.1) is 0 Å². The zero-order chi connectivity index (χ0) is 10.4. The van der Waals surface area contributed by atoms with Crippen molar-refractivity contribution in [3.63, 3.8) is 0 Å². The van der Waals surface area contributed by atoms with E-state index in [0.29, 0.717) is 0 Å². The quantitative estimate of drug-likeness (QED) is 0.613. The molecule has 0 aliphatic carbocycles. The maximum absolute atomic E-state index is 3.95. The van der Waals surface area contributed by atoms with E-state index in [2.05, 4.69) is 41.4 Å². The van der Waals surface area contributed by atoms with Gasteiger partial charge in [0.05, 0.1) is 6.33 Å². The van der Waals surface area contributed by atoms with Crippen LogP contribution in [0.5, 0.6) is 0 Å². The standard InChI is InChI=1S/C10H20N4/c1-10(2,3)14-5-4-11-6-9-7-12-8-13-9/h7-8,11,14H,4-6H2,1-3H3,(H,12,13). The Balaban J connectivity index is 2.00. The first-order chi connectivity index (χ1) is 6.58. The van der Waals surface area contributed by atoms with Crippen molar-refractivity contribution in [2.24, 2.45) is 0 Å². The van der Waals surface area contributed by atoms with Gasteiger partial charge in [-0.15, -0.1) is 0 Å². The molecule has 4 nitrogen and oxygen atoms in total. The summed E-state index contributed by atoms with van der Waals surface area (Å²) in [6.07, 6.45) is 3.54. The highest BCUT2D eigenvalue weighted by Crippen LogP contribution is 1.96. The largest absolute Gasteiger partial charge is 0.347 e. The SMILES string of the molecule is CC(C)(C)NCCNCc1cnc[nH]1. The van der Waals surface area contributed by atoms with E-state index in [1.807, 2.05) is 6.20 Å².